The highest BCUT2D eigenvalue weighted by molar-refractivity contribution is 5.53. The second kappa shape index (κ2) is 3.62. The Morgan fingerprint density at radius 3 is 3.14 bits per heavy atom. The third kappa shape index (κ3) is 1.53. The van der Waals surface area contributed by atoms with E-state index in [9.17, 15) is 0 Å². The maximum absolute atomic E-state index is 8.90. The van der Waals surface area contributed by atoms with Gasteiger partial charge in [0.05, 0.1) is 11.8 Å². The van der Waals surface area contributed by atoms with Gasteiger partial charge >= 0.3 is 0 Å². The molecule has 2 heterocycles. The van der Waals surface area contributed by atoms with E-state index in [1.54, 1.807) is 12.3 Å². The van der Waals surface area contributed by atoms with E-state index in [1.165, 1.54) is 6.42 Å². The first kappa shape index (κ1) is 8.95. The quantitative estimate of drug-likeness (QED) is 0.664. The van der Waals surface area contributed by atoms with Crippen LogP contribution in [0, 0.1) is 17.2 Å². The zero-order chi connectivity index (χ0) is 9.97. The summed E-state index contributed by atoms with van der Waals surface area (Å²) in [7, 11) is 0. The van der Waals surface area contributed by atoms with Crippen molar-refractivity contribution in [2.45, 2.75) is 13.3 Å². The first-order valence-corrected chi connectivity index (χ1v) is 4.78. The van der Waals surface area contributed by atoms with Crippen molar-refractivity contribution < 1.29 is 0 Å². The zero-order valence-electron chi connectivity index (χ0n) is 8.14. The highest BCUT2D eigenvalue weighted by atomic mass is 15.3. The largest absolute Gasteiger partial charge is 0.354 e. The minimum atomic E-state index is 0.620. The van der Waals surface area contributed by atoms with Crippen molar-refractivity contribution in [3.05, 3.63) is 17.8 Å². The number of nitriles is 1. The predicted octanol–water partition coefficient (Wildman–Crippen LogP) is 1.19. The van der Waals surface area contributed by atoms with Crippen LogP contribution in [0.3, 0.4) is 0 Å². The summed E-state index contributed by atoms with van der Waals surface area (Å²) in [6.45, 7) is 4.17. The fraction of sp³-hybridized carbons (Fsp3) is 0.500. The van der Waals surface area contributed by atoms with Crippen LogP contribution in [0.25, 0.3) is 0 Å². The summed E-state index contributed by atoms with van der Waals surface area (Å²) in [5, 5.41) is 16.7. The summed E-state index contributed by atoms with van der Waals surface area (Å²) in [5.41, 5.74) is 0.620. The molecule has 0 bridgehead atoms. The van der Waals surface area contributed by atoms with Gasteiger partial charge in [-0.15, -0.1) is 5.10 Å². The van der Waals surface area contributed by atoms with Crippen molar-refractivity contribution in [3.63, 3.8) is 0 Å². The number of hydrogen-bond donors (Lipinski definition) is 0. The van der Waals surface area contributed by atoms with Gasteiger partial charge in [0, 0.05) is 13.1 Å². The standard InChI is InChI=1S/C10H12N4/c1-8-3-5-14(7-8)10-9(6-11)2-4-12-13-10/h2,4,8H,3,5,7H2,1H3. The van der Waals surface area contributed by atoms with Crippen LogP contribution in [0.15, 0.2) is 12.3 Å². The molecule has 0 saturated carbocycles. The Kier molecular flexibility index (Phi) is 2.32. The van der Waals surface area contributed by atoms with Gasteiger partial charge in [-0.2, -0.15) is 10.4 Å². The molecule has 72 valence electrons. The first-order chi connectivity index (χ1) is 6.81. The van der Waals surface area contributed by atoms with Crippen LogP contribution in [0.1, 0.15) is 18.9 Å². The zero-order valence-corrected chi connectivity index (χ0v) is 8.14. The van der Waals surface area contributed by atoms with Crippen LogP contribution < -0.4 is 4.90 Å². The molecule has 0 N–H and O–H groups in total. The van der Waals surface area contributed by atoms with Crippen LogP contribution in [0.4, 0.5) is 5.82 Å². The Labute approximate surface area is 83.2 Å². The molecular formula is C10H12N4. The number of nitrogens with zero attached hydrogens (tertiary/aromatic N) is 4. The van der Waals surface area contributed by atoms with Crippen molar-refractivity contribution >= 4 is 5.82 Å². The van der Waals surface area contributed by atoms with Crippen molar-refractivity contribution in [2.24, 2.45) is 5.92 Å². The summed E-state index contributed by atoms with van der Waals surface area (Å²) in [6, 6.07) is 3.86. The van der Waals surface area contributed by atoms with Gasteiger partial charge in [0.25, 0.3) is 0 Å². The Balaban J connectivity index is 2.28. The molecule has 1 unspecified atom stereocenters. The van der Waals surface area contributed by atoms with Crippen LogP contribution in [0.2, 0.25) is 0 Å². The second-order valence-electron chi connectivity index (χ2n) is 3.72. The molecule has 1 aromatic heterocycles. The molecule has 1 atom stereocenters. The molecule has 1 aliphatic heterocycles. The summed E-state index contributed by atoms with van der Waals surface area (Å²) >= 11 is 0. The Bertz CT molecular complexity index is 369. The lowest BCUT2D eigenvalue weighted by atomic mass is 10.2. The summed E-state index contributed by atoms with van der Waals surface area (Å²) in [5.74, 6) is 1.42. The molecule has 1 fully saturated rings. The lowest BCUT2D eigenvalue weighted by Gasteiger charge is -2.16. The molecule has 14 heavy (non-hydrogen) atoms. The highest BCUT2D eigenvalue weighted by Gasteiger charge is 2.22. The molecule has 0 radical (unpaired) electrons. The van der Waals surface area contributed by atoms with E-state index in [-0.39, 0.29) is 0 Å². The molecule has 4 nitrogen and oxygen atoms in total. The molecule has 1 saturated heterocycles. The van der Waals surface area contributed by atoms with Gasteiger partial charge < -0.3 is 4.90 Å². The van der Waals surface area contributed by atoms with Crippen molar-refractivity contribution in [1.82, 2.24) is 10.2 Å². The lowest BCUT2D eigenvalue weighted by molar-refractivity contribution is 0.658. The van der Waals surface area contributed by atoms with Gasteiger partial charge in [0.2, 0.25) is 0 Å². The third-order valence-corrected chi connectivity index (χ3v) is 2.55. The molecule has 4 heteroatoms. The molecular weight excluding hydrogens is 176 g/mol. The van der Waals surface area contributed by atoms with E-state index in [2.05, 4.69) is 28.1 Å². The van der Waals surface area contributed by atoms with E-state index >= 15 is 0 Å². The predicted molar refractivity (Wildman–Crippen MR) is 52.7 cm³/mol. The number of aromatic nitrogens is 2. The van der Waals surface area contributed by atoms with Gasteiger partial charge in [-0.05, 0) is 18.4 Å². The van der Waals surface area contributed by atoms with Gasteiger partial charge in [-0.1, -0.05) is 6.92 Å². The average molecular weight is 188 g/mol. The fourth-order valence-corrected chi connectivity index (χ4v) is 1.77. The number of hydrogen-bond acceptors (Lipinski definition) is 4. The van der Waals surface area contributed by atoms with Crippen LogP contribution in [-0.4, -0.2) is 23.3 Å². The van der Waals surface area contributed by atoms with Gasteiger partial charge in [-0.3, -0.25) is 0 Å². The van der Waals surface area contributed by atoms with E-state index < -0.39 is 0 Å². The van der Waals surface area contributed by atoms with E-state index in [4.69, 9.17) is 5.26 Å². The van der Waals surface area contributed by atoms with Gasteiger partial charge in [0.15, 0.2) is 5.82 Å². The summed E-state index contributed by atoms with van der Waals surface area (Å²) < 4.78 is 0. The maximum atomic E-state index is 8.90. The Morgan fingerprint density at radius 2 is 2.50 bits per heavy atom. The summed E-state index contributed by atoms with van der Waals surface area (Å²) in [6.07, 6.45) is 2.73. The number of rotatable bonds is 1. The molecule has 1 aliphatic rings. The summed E-state index contributed by atoms with van der Waals surface area (Å²) in [4.78, 5) is 2.14. The second-order valence-corrected chi connectivity index (χ2v) is 3.72. The average Bonchev–Trinajstić information content (AvgIpc) is 2.65. The van der Waals surface area contributed by atoms with Gasteiger partial charge in [0.1, 0.15) is 6.07 Å². The monoisotopic (exact) mass is 188 g/mol. The Morgan fingerprint density at radius 1 is 1.64 bits per heavy atom. The first-order valence-electron chi connectivity index (χ1n) is 4.78. The van der Waals surface area contributed by atoms with E-state index in [1.807, 2.05) is 0 Å². The fourth-order valence-electron chi connectivity index (χ4n) is 1.77. The Hall–Kier alpha value is -1.63. The maximum Gasteiger partial charge on any atom is 0.169 e. The highest BCUT2D eigenvalue weighted by Crippen LogP contribution is 2.23. The van der Waals surface area contributed by atoms with Crippen LogP contribution in [-0.2, 0) is 0 Å². The normalized spacial score (nSPS) is 20.9. The number of anilines is 1. The minimum Gasteiger partial charge on any atom is -0.354 e. The van der Waals surface area contributed by atoms with E-state index in [0.717, 1.165) is 18.9 Å². The molecule has 0 aliphatic carbocycles. The van der Waals surface area contributed by atoms with Crippen LogP contribution >= 0.6 is 0 Å². The topological polar surface area (TPSA) is 52.8 Å². The van der Waals surface area contributed by atoms with E-state index in [0.29, 0.717) is 11.5 Å². The van der Waals surface area contributed by atoms with Gasteiger partial charge in [-0.25, -0.2) is 0 Å². The third-order valence-electron chi connectivity index (χ3n) is 2.55. The van der Waals surface area contributed by atoms with Crippen molar-refractivity contribution in [1.29, 1.82) is 5.26 Å². The van der Waals surface area contributed by atoms with Crippen LogP contribution in [0.5, 0.6) is 0 Å². The molecule has 0 spiro atoms. The molecule has 2 rings (SSSR count). The molecule has 0 amide bonds. The SMILES string of the molecule is CC1CCN(c2nnccc2C#N)C1. The van der Waals surface area contributed by atoms with Crippen molar-refractivity contribution in [2.75, 3.05) is 18.0 Å². The smallest absolute Gasteiger partial charge is 0.169 e. The van der Waals surface area contributed by atoms with Crippen molar-refractivity contribution in [3.8, 4) is 6.07 Å². The minimum absolute atomic E-state index is 0.620. The molecule has 1 aromatic rings. The lowest BCUT2D eigenvalue weighted by Crippen LogP contribution is -2.21. The molecule has 0 aromatic carbocycles.